The third kappa shape index (κ3) is 3.48. The van der Waals surface area contributed by atoms with Crippen molar-refractivity contribution >= 4 is 5.69 Å². The van der Waals surface area contributed by atoms with Crippen molar-refractivity contribution < 1.29 is 9.47 Å². The van der Waals surface area contributed by atoms with Crippen molar-refractivity contribution in [3.05, 3.63) is 52.6 Å². The van der Waals surface area contributed by atoms with E-state index in [1.54, 1.807) is 14.2 Å². The summed E-state index contributed by atoms with van der Waals surface area (Å²) >= 11 is 0. The van der Waals surface area contributed by atoms with Gasteiger partial charge in [0.25, 0.3) is 0 Å². The van der Waals surface area contributed by atoms with Crippen LogP contribution in [0.4, 0.5) is 5.69 Å². The summed E-state index contributed by atoms with van der Waals surface area (Å²) in [5, 5.41) is 3.44. The van der Waals surface area contributed by atoms with E-state index in [9.17, 15) is 0 Å². The predicted molar refractivity (Wildman–Crippen MR) is 87.5 cm³/mol. The van der Waals surface area contributed by atoms with Gasteiger partial charge < -0.3 is 14.8 Å². The Bertz CT molecular complexity index is 635. The van der Waals surface area contributed by atoms with Gasteiger partial charge in [-0.05, 0) is 55.2 Å². The van der Waals surface area contributed by atoms with Gasteiger partial charge >= 0.3 is 0 Å². The molecule has 0 radical (unpaired) electrons. The maximum Gasteiger partial charge on any atom is 0.142 e. The summed E-state index contributed by atoms with van der Waals surface area (Å²) < 4.78 is 10.7. The summed E-state index contributed by atoms with van der Waals surface area (Å²) in [7, 11) is 3.34. The van der Waals surface area contributed by atoms with Crippen LogP contribution in [0.3, 0.4) is 0 Å². The summed E-state index contributed by atoms with van der Waals surface area (Å²) in [5.74, 6) is 1.63. The van der Waals surface area contributed by atoms with E-state index in [-0.39, 0.29) is 0 Å². The van der Waals surface area contributed by atoms with E-state index < -0.39 is 0 Å². The highest BCUT2D eigenvalue weighted by Crippen LogP contribution is 2.29. The number of methoxy groups -OCH3 is 2. The maximum atomic E-state index is 5.39. The highest BCUT2D eigenvalue weighted by molar-refractivity contribution is 5.60. The topological polar surface area (TPSA) is 30.5 Å². The first-order valence-electron chi connectivity index (χ1n) is 7.07. The van der Waals surface area contributed by atoms with Crippen LogP contribution in [-0.4, -0.2) is 14.2 Å². The summed E-state index contributed by atoms with van der Waals surface area (Å²) in [6.07, 6.45) is 0. The van der Waals surface area contributed by atoms with E-state index in [1.165, 1.54) is 22.3 Å². The molecule has 2 rings (SSSR count). The second-order valence-electron chi connectivity index (χ2n) is 5.28. The van der Waals surface area contributed by atoms with Gasteiger partial charge in [0.1, 0.15) is 11.5 Å². The Labute approximate surface area is 126 Å². The third-order valence-electron chi connectivity index (χ3n) is 3.83. The number of rotatable bonds is 5. The van der Waals surface area contributed by atoms with Gasteiger partial charge in [0.15, 0.2) is 0 Å². The van der Waals surface area contributed by atoms with Crippen LogP contribution in [0.25, 0.3) is 0 Å². The smallest absolute Gasteiger partial charge is 0.142 e. The highest BCUT2D eigenvalue weighted by Gasteiger charge is 2.07. The molecule has 2 aromatic carbocycles. The summed E-state index contributed by atoms with van der Waals surface area (Å²) in [4.78, 5) is 0. The number of anilines is 1. The van der Waals surface area contributed by atoms with Gasteiger partial charge in [0.2, 0.25) is 0 Å². The monoisotopic (exact) mass is 285 g/mol. The molecule has 1 N–H and O–H groups in total. The predicted octanol–water partition coefficient (Wildman–Crippen LogP) is 4.24. The van der Waals surface area contributed by atoms with Crippen LogP contribution in [0.2, 0.25) is 0 Å². The van der Waals surface area contributed by atoms with Gasteiger partial charge in [-0.1, -0.05) is 12.1 Å². The van der Waals surface area contributed by atoms with Gasteiger partial charge in [-0.2, -0.15) is 0 Å². The van der Waals surface area contributed by atoms with Crippen molar-refractivity contribution in [2.24, 2.45) is 0 Å². The molecule has 0 aliphatic rings. The number of nitrogens with one attached hydrogen (secondary N) is 1. The fourth-order valence-corrected chi connectivity index (χ4v) is 2.35. The Morgan fingerprint density at radius 2 is 1.57 bits per heavy atom. The minimum atomic E-state index is 0.760. The Morgan fingerprint density at radius 3 is 2.24 bits per heavy atom. The highest BCUT2D eigenvalue weighted by atomic mass is 16.5. The first kappa shape index (κ1) is 15.2. The summed E-state index contributed by atoms with van der Waals surface area (Å²) in [5.41, 5.74) is 6.18. The molecule has 0 heterocycles. The zero-order chi connectivity index (χ0) is 15.4. The van der Waals surface area contributed by atoms with Crippen molar-refractivity contribution in [1.82, 2.24) is 0 Å². The molecule has 2 aromatic rings. The Morgan fingerprint density at radius 1 is 0.857 bits per heavy atom. The van der Waals surface area contributed by atoms with E-state index in [0.29, 0.717) is 0 Å². The molecular formula is C18H23NO2. The van der Waals surface area contributed by atoms with Gasteiger partial charge in [0, 0.05) is 12.6 Å². The molecule has 0 aromatic heterocycles. The van der Waals surface area contributed by atoms with Crippen molar-refractivity contribution in [2.45, 2.75) is 27.3 Å². The lowest BCUT2D eigenvalue weighted by Gasteiger charge is -2.15. The van der Waals surface area contributed by atoms with Gasteiger partial charge in [-0.15, -0.1) is 0 Å². The summed E-state index contributed by atoms with van der Waals surface area (Å²) in [6.45, 7) is 7.19. The van der Waals surface area contributed by atoms with E-state index in [2.05, 4.69) is 38.2 Å². The molecule has 0 amide bonds. The average Bonchev–Trinajstić information content (AvgIpc) is 2.49. The third-order valence-corrected chi connectivity index (χ3v) is 3.83. The fraction of sp³-hybridized carbons (Fsp3) is 0.333. The molecule has 0 aliphatic carbocycles. The number of aryl methyl sites for hydroxylation is 3. The second-order valence-corrected chi connectivity index (χ2v) is 5.28. The molecule has 0 saturated carbocycles. The molecule has 0 aliphatic heterocycles. The molecule has 0 saturated heterocycles. The van der Waals surface area contributed by atoms with Crippen LogP contribution in [0.15, 0.2) is 30.3 Å². The molecule has 0 atom stereocenters. The lowest BCUT2D eigenvalue weighted by atomic mass is 10.0. The zero-order valence-corrected chi connectivity index (χ0v) is 13.4. The fourth-order valence-electron chi connectivity index (χ4n) is 2.35. The lowest BCUT2D eigenvalue weighted by molar-refractivity contribution is 0.404. The van der Waals surface area contributed by atoms with Gasteiger partial charge in [-0.3, -0.25) is 0 Å². The quantitative estimate of drug-likeness (QED) is 0.891. The van der Waals surface area contributed by atoms with Gasteiger partial charge in [0.05, 0.1) is 19.9 Å². The molecule has 0 bridgehead atoms. The SMILES string of the molecule is COc1ccc(OC)c(NCc2cc(C)c(C)cc2C)c1. The number of ether oxygens (including phenoxy) is 2. The Kier molecular flexibility index (Phi) is 4.73. The van der Waals surface area contributed by atoms with E-state index in [1.807, 2.05) is 18.2 Å². The number of benzene rings is 2. The molecule has 3 heteroatoms. The van der Waals surface area contributed by atoms with Gasteiger partial charge in [-0.25, -0.2) is 0 Å². The second kappa shape index (κ2) is 6.53. The molecule has 0 spiro atoms. The van der Waals surface area contributed by atoms with Crippen molar-refractivity contribution in [1.29, 1.82) is 0 Å². The number of hydrogen-bond acceptors (Lipinski definition) is 3. The first-order valence-corrected chi connectivity index (χ1v) is 7.07. The minimum Gasteiger partial charge on any atom is -0.497 e. The molecule has 0 unspecified atom stereocenters. The minimum absolute atomic E-state index is 0.760. The first-order chi connectivity index (χ1) is 10.0. The normalized spacial score (nSPS) is 10.3. The van der Waals surface area contributed by atoms with Crippen molar-refractivity contribution in [2.75, 3.05) is 19.5 Å². The molecule has 3 nitrogen and oxygen atoms in total. The van der Waals surface area contributed by atoms with Crippen LogP contribution in [0, 0.1) is 20.8 Å². The van der Waals surface area contributed by atoms with E-state index in [0.717, 1.165) is 23.7 Å². The summed E-state index contributed by atoms with van der Waals surface area (Å²) in [6, 6.07) is 10.2. The van der Waals surface area contributed by atoms with Crippen LogP contribution in [-0.2, 0) is 6.54 Å². The van der Waals surface area contributed by atoms with Crippen LogP contribution in [0.5, 0.6) is 11.5 Å². The Hall–Kier alpha value is -2.16. The molecule has 0 fully saturated rings. The zero-order valence-electron chi connectivity index (χ0n) is 13.4. The maximum absolute atomic E-state index is 5.39. The average molecular weight is 285 g/mol. The van der Waals surface area contributed by atoms with Crippen LogP contribution < -0.4 is 14.8 Å². The number of hydrogen-bond donors (Lipinski definition) is 1. The van der Waals surface area contributed by atoms with Crippen LogP contribution >= 0.6 is 0 Å². The molecule has 112 valence electrons. The Balaban J connectivity index is 2.21. The van der Waals surface area contributed by atoms with Crippen molar-refractivity contribution in [3.63, 3.8) is 0 Å². The van der Waals surface area contributed by atoms with Crippen LogP contribution in [0.1, 0.15) is 22.3 Å². The molecular weight excluding hydrogens is 262 g/mol. The largest absolute Gasteiger partial charge is 0.497 e. The van der Waals surface area contributed by atoms with E-state index >= 15 is 0 Å². The van der Waals surface area contributed by atoms with Crippen molar-refractivity contribution in [3.8, 4) is 11.5 Å². The lowest BCUT2D eigenvalue weighted by Crippen LogP contribution is -2.04. The molecule has 21 heavy (non-hydrogen) atoms. The standard InChI is InChI=1S/C18H23NO2/c1-12-8-14(3)15(9-13(12)2)11-19-17-10-16(20-4)6-7-18(17)21-5/h6-10,19H,11H2,1-5H3. The van der Waals surface area contributed by atoms with E-state index in [4.69, 9.17) is 9.47 Å².